The van der Waals surface area contributed by atoms with Crippen LogP contribution in [0.25, 0.3) is 0 Å². The Balaban J connectivity index is 1.94. The first-order valence-corrected chi connectivity index (χ1v) is 5.55. The summed E-state index contributed by atoms with van der Waals surface area (Å²) in [6.07, 6.45) is 0.765. The summed E-state index contributed by atoms with van der Waals surface area (Å²) >= 11 is 0. The van der Waals surface area contributed by atoms with E-state index >= 15 is 0 Å². The van der Waals surface area contributed by atoms with Gasteiger partial charge in [0.15, 0.2) is 6.61 Å². The van der Waals surface area contributed by atoms with E-state index in [1.165, 1.54) is 0 Å². The monoisotopic (exact) mass is 233 g/mol. The fourth-order valence-electron chi connectivity index (χ4n) is 1.32. The Morgan fingerprint density at radius 3 is 2.82 bits per heavy atom. The number of ether oxygens (including phenoxy) is 1. The molecule has 0 saturated heterocycles. The number of hydrogen-bond donors (Lipinski definition) is 1. The van der Waals surface area contributed by atoms with E-state index in [4.69, 9.17) is 15.0 Å². The molecule has 0 radical (unpaired) electrons. The Morgan fingerprint density at radius 1 is 1.35 bits per heavy atom. The molecule has 17 heavy (non-hydrogen) atoms. The van der Waals surface area contributed by atoms with Crippen molar-refractivity contribution in [1.82, 2.24) is 10.1 Å². The Kier molecular flexibility index (Phi) is 3.72. The maximum Gasteiger partial charge on any atom is 0.243 e. The first-order valence-electron chi connectivity index (χ1n) is 5.55. The van der Waals surface area contributed by atoms with Crippen LogP contribution < -0.4 is 10.5 Å². The average Bonchev–Trinajstić information content (AvgIpc) is 2.85. The van der Waals surface area contributed by atoms with E-state index in [0.717, 1.165) is 12.2 Å². The molecule has 1 aromatic carbocycles. The van der Waals surface area contributed by atoms with E-state index in [9.17, 15) is 0 Å². The summed E-state index contributed by atoms with van der Waals surface area (Å²) in [4.78, 5) is 4.17. The van der Waals surface area contributed by atoms with E-state index in [1.807, 2.05) is 37.3 Å². The molecular weight excluding hydrogens is 218 g/mol. The van der Waals surface area contributed by atoms with Gasteiger partial charge in [0.1, 0.15) is 5.75 Å². The van der Waals surface area contributed by atoms with Crippen molar-refractivity contribution >= 4 is 0 Å². The Hall–Kier alpha value is -1.88. The van der Waals surface area contributed by atoms with Gasteiger partial charge in [0, 0.05) is 0 Å². The first kappa shape index (κ1) is 11.6. The highest BCUT2D eigenvalue weighted by atomic mass is 16.5. The van der Waals surface area contributed by atoms with Crippen LogP contribution in [-0.2, 0) is 6.61 Å². The van der Waals surface area contributed by atoms with Crippen LogP contribution in [0.5, 0.6) is 5.75 Å². The average molecular weight is 233 g/mol. The van der Waals surface area contributed by atoms with E-state index in [2.05, 4.69) is 10.1 Å². The van der Waals surface area contributed by atoms with E-state index in [1.54, 1.807) is 0 Å². The van der Waals surface area contributed by atoms with Crippen molar-refractivity contribution in [1.29, 1.82) is 0 Å². The van der Waals surface area contributed by atoms with Crippen molar-refractivity contribution in [2.75, 3.05) is 0 Å². The summed E-state index contributed by atoms with van der Waals surface area (Å²) < 4.78 is 10.5. The lowest BCUT2D eigenvalue weighted by Crippen LogP contribution is -2.09. The van der Waals surface area contributed by atoms with Gasteiger partial charge < -0.3 is 15.0 Å². The number of aromatic nitrogens is 2. The van der Waals surface area contributed by atoms with Crippen molar-refractivity contribution in [2.24, 2.45) is 5.73 Å². The minimum Gasteiger partial charge on any atom is -0.485 e. The molecule has 0 fully saturated rings. The van der Waals surface area contributed by atoms with Gasteiger partial charge >= 0.3 is 0 Å². The summed E-state index contributed by atoms with van der Waals surface area (Å²) in [5.41, 5.74) is 5.78. The Labute approximate surface area is 99.6 Å². The molecule has 90 valence electrons. The Morgan fingerprint density at radius 2 is 2.12 bits per heavy atom. The summed E-state index contributed by atoms with van der Waals surface area (Å²) in [6.45, 7) is 2.25. The fraction of sp³-hybridized carbons (Fsp3) is 0.333. The zero-order valence-corrected chi connectivity index (χ0v) is 9.67. The van der Waals surface area contributed by atoms with Crippen molar-refractivity contribution < 1.29 is 9.26 Å². The van der Waals surface area contributed by atoms with Crippen molar-refractivity contribution in [2.45, 2.75) is 26.0 Å². The van der Waals surface area contributed by atoms with Crippen LogP contribution in [0.1, 0.15) is 31.1 Å². The highest BCUT2D eigenvalue weighted by Crippen LogP contribution is 2.13. The fourth-order valence-corrected chi connectivity index (χ4v) is 1.32. The van der Waals surface area contributed by atoms with Crippen LogP contribution in [0.15, 0.2) is 34.9 Å². The molecule has 2 rings (SSSR count). The standard InChI is InChI=1S/C12H15N3O2/c1-2-10(13)12-14-11(15-17-12)8-16-9-6-4-3-5-7-9/h3-7,10H,2,8,13H2,1H3/t10-/m1/s1. The van der Waals surface area contributed by atoms with Gasteiger partial charge in [0.25, 0.3) is 0 Å². The largest absolute Gasteiger partial charge is 0.485 e. The molecule has 5 heteroatoms. The summed E-state index contributed by atoms with van der Waals surface area (Å²) in [5.74, 6) is 1.74. The van der Waals surface area contributed by atoms with Gasteiger partial charge in [-0.3, -0.25) is 0 Å². The van der Waals surface area contributed by atoms with Crippen molar-refractivity contribution in [3.8, 4) is 5.75 Å². The van der Waals surface area contributed by atoms with Crippen LogP contribution in [0.3, 0.4) is 0 Å². The molecule has 2 aromatic rings. The van der Waals surface area contributed by atoms with Crippen molar-refractivity contribution in [3.05, 3.63) is 42.0 Å². The minimum atomic E-state index is -0.201. The number of nitrogens with two attached hydrogens (primary N) is 1. The van der Waals surface area contributed by atoms with Crippen LogP contribution >= 0.6 is 0 Å². The second-order valence-corrected chi connectivity index (χ2v) is 3.67. The number of rotatable bonds is 5. The predicted molar refractivity (Wildman–Crippen MR) is 62.3 cm³/mol. The number of benzene rings is 1. The van der Waals surface area contributed by atoms with Gasteiger partial charge in [0.05, 0.1) is 6.04 Å². The molecule has 0 unspecified atom stereocenters. The molecule has 0 amide bonds. The second-order valence-electron chi connectivity index (χ2n) is 3.67. The molecule has 0 aliphatic heterocycles. The first-order chi connectivity index (χ1) is 8.29. The zero-order valence-electron chi connectivity index (χ0n) is 9.67. The molecule has 0 aliphatic carbocycles. The molecule has 0 saturated carbocycles. The SMILES string of the molecule is CC[C@@H](N)c1nc(COc2ccccc2)no1. The molecule has 1 aromatic heterocycles. The van der Waals surface area contributed by atoms with Crippen LogP contribution in [0.4, 0.5) is 0 Å². The third kappa shape index (κ3) is 3.04. The highest BCUT2D eigenvalue weighted by Gasteiger charge is 2.12. The second kappa shape index (κ2) is 5.45. The van der Waals surface area contributed by atoms with Gasteiger partial charge in [-0.15, -0.1) is 0 Å². The molecule has 2 N–H and O–H groups in total. The highest BCUT2D eigenvalue weighted by molar-refractivity contribution is 5.20. The molecule has 1 atom stereocenters. The van der Waals surface area contributed by atoms with Crippen LogP contribution in [-0.4, -0.2) is 10.1 Å². The van der Waals surface area contributed by atoms with Gasteiger partial charge in [-0.05, 0) is 18.6 Å². The number of hydrogen-bond acceptors (Lipinski definition) is 5. The van der Waals surface area contributed by atoms with Gasteiger partial charge in [0.2, 0.25) is 11.7 Å². The molecule has 0 bridgehead atoms. The maximum absolute atomic E-state index is 5.78. The molecular formula is C12H15N3O2. The van der Waals surface area contributed by atoms with Crippen LogP contribution in [0.2, 0.25) is 0 Å². The number of para-hydroxylation sites is 1. The molecule has 5 nitrogen and oxygen atoms in total. The minimum absolute atomic E-state index is 0.201. The topological polar surface area (TPSA) is 74.2 Å². The van der Waals surface area contributed by atoms with Gasteiger partial charge in [-0.25, -0.2) is 0 Å². The van der Waals surface area contributed by atoms with Crippen LogP contribution in [0, 0.1) is 0 Å². The summed E-state index contributed by atoms with van der Waals surface area (Å²) in [7, 11) is 0. The Bertz CT molecular complexity index is 456. The summed E-state index contributed by atoms with van der Waals surface area (Å²) in [5, 5.41) is 3.81. The third-order valence-electron chi connectivity index (χ3n) is 2.35. The molecule has 1 heterocycles. The molecule has 0 aliphatic rings. The van der Waals surface area contributed by atoms with E-state index < -0.39 is 0 Å². The van der Waals surface area contributed by atoms with E-state index in [0.29, 0.717) is 11.7 Å². The predicted octanol–water partition coefficient (Wildman–Crippen LogP) is 2.06. The maximum atomic E-state index is 5.78. The smallest absolute Gasteiger partial charge is 0.243 e. The zero-order chi connectivity index (χ0) is 12.1. The lowest BCUT2D eigenvalue weighted by Gasteiger charge is -2.01. The molecule has 0 spiro atoms. The van der Waals surface area contributed by atoms with Gasteiger partial charge in [-0.2, -0.15) is 4.98 Å². The van der Waals surface area contributed by atoms with Crippen molar-refractivity contribution in [3.63, 3.8) is 0 Å². The summed E-state index contributed by atoms with van der Waals surface area (Å²) in [6, 6.07) is 9.29. The quantitative estimate of drug-likeness (QED) is 0.855. The van der Waals surface area contributed by atoms with Gasteiger partial charge in [-0.1, -0.05) is 30.3 Å². The third-order valence-corrected chi connectivity index (χ3v) is 2.35. The lowest BCUT2D eigenvalue weighted by atomic mass is 10.2. The van der Waals surface area contributed by atoms with E-state index in [-0.39, 0.29) is 12.6 Å². The number of nitrogens with zero attached hydrogens (tertiary/aromatic N) is 2. The lowest BCUT2D eigenvalue weighted by molar-refractivity contribution is 0.283. The normalized spacial score (nSPS) is 12.4.